The zero-order chi connectivity index (χ0) is 20.1. The molecule has 1 aromatic heterocycles. The van der Waals surface area contributed by atoms with Gasteiger partial charge in [-0.25, -0.2) is 0 Å². The maximum Gasteiger partial charge on any atom is 0.307 e. The number of hydrogen-bond acceptors (Lipinski definition) is 6. The maximum atomic E-state index is 12.8. The molecule has 0 atom stereocenters. The number of furan rings is 1. The monoisotopic (exact) mass is 384 g/mol. The first-order chi connectivity index (χ1) is 13.5. The van der Waals surface area contributed by atoms with Crippen LogP contribution in [0.15, 0.2) is 47.1 Å². The lowest BCUT2D eigenvalue weighted by Gasteiger charge is -2.23. The van der Waals surface area contributed by atoms with E-state index >= 15 is 0 Å². The van der Waals surface area contributed by atoms with Gasteiger partial charge >= 0.3 is 5.97 Å². The van der Waals surface area contributed by atoms with Gasteiger partial charge in [-0.2, -0.15) is 0 Å². The van der Waals surface area contributed by atoms with Gasteiger partial charge in [0, 0.05) is 6.54 Å². The fourth-order valence-electron chi connectivity index (χ4n) is 2.96. The Morgan fingerprint density at radius 3 is 2.32 bits per heavy atom. The quantitative estimate of drug-likeness (QED) is 0.509. The summed E-state index contributed by atoms with van der Waals surface area (Å²) in [6.07, 6.45) is 1.48. The van der Waals surface area contributed by atoms with Gasteiger partial charge in [0.05, 0.1) is 37.0 Å². The highest BCUT2D eigenvalue weighted by Gasteiger charge is 2.37. The third-order valence-corrected chi connectivity index (χ3v) is 4.34. The Balaban J connectivity index is 1.71. The summed E-state index contributed by atoms with van der Waals surface area (Å²) in [6.45, 7) is 1.75. The fourth-order valence-corrected chi connectivity index (χ4v) is 2.96. The van der Waals surface area contributed by atoms with Crippen LogP contribution in [0, 0.1) is 0 Å². The van der Waals surface area contributed by atoms with Crippen LogP contribution >= 0.6 is 0 Å². The maximum absolute atomic E-state index is 12.8. The molecule has 146 valence electrons. The molecule has 0 unspecified atom stereocenters. The summed E-state index contributed by atoms with van der Waals surface area (Å²) in [6, 6.07) is 9.83. The first kappa shape index (κ1) is 19.3. The number of ether oxygens (including phenoxy) is 1. The number of esters is 1. The lowest BCUT2D eigenvalue weighted by atomic mass is 10.1. The van der Waals surface area contributed by atoms with Crippen molar-refractivity contribution in [3.05, 3.63) is 59.5 Å². The SMILES string of the molecule is CCOC(=O)CCN(Cc1ccco1)C(=O)CN1C(=O)c2ccccc2C1=O. The molecule has 0 fully saturated rings. The third-order valence-electron chi connectivity index (χ3n) is 4.34. The van der Waals surface area contributed by atoms with Crippen molar-refractivity contribution >= 4 is 23.7 Å². The van der Waals surface area contributed by atoms with Crippen molar-refractivity contribution in [3.8, 4) is 0 Å². The van der Waals surface area contributed by atoms with Crippen molar-refractivity contribution < 1.29 is 28.3 Å². The summed E-state index contributed by atoms with van der Waals surface area (Å²) in [5.74, 6) is -1.37. The van der Waals surface area contributed by atoms with E-state index in [0.29, 0.717) is 5.76 Å². The number of hydrogen-bond donors (Lipinski definition) is 0. The van der Waals surface area contributed by atoms with E-state index in [0.717, 1.165) is 4.90 Å². The molecule has 3 rings (SSSR count). The Bertz CT molecular complexity index is 855. The van der Waals surface area contributed by atoms with Crippen molar-refractivity contribution in [2.24, 2.45) is 0 Å². The summed E-state index contributed by atoms with van der Waals surface area (Å²) in [7, 11) is 0. The van der Waals surface area contributed by atoms with Crippen molar-refractivity contribution in [1.29, 1.82) is 0 Å². The molecule has 8 heteroatoms. The number of amides is 3. The average molecular weight is 384 g/mol. The Labute approximate surface area is 161 Å². The van der Waals surface area contributed by atoms with Gasteiger partial charge in [-0.3, -0.25) is 24.1 Å². The smallest absolute Gasteiger partial charge is 0.307 e. The first-order valence-corrected chi connectivity index (χ1v) is 8.92. The topological polar surface area (TPSA) is 97.1 Å². The van der Waals surface area contributed by atoms with E-state index in [9.17, 15) is 19.2 Å². The van der Waals surface area contributed by atoms with Crippen LogP contribution in [-0.4, -0.2) is 53.2 Å². The van der Waals surface area contributed by atoms with Crippen LogP contribution in [-0.2, 0) is 20.9 Å². The summed E-state index contributed by atoms with van der Waals surface area (Å²) < 4.78 is 10.2. The van der Waals surface area contributed by atoms with Crippen LogP contribution in [0.5, 0.6) is 0 Å². The molecule has 28 heavy (non-hydrogen) atoms. The van der Waals surface area contributed by atoms with E-state index in [1.54, 1.807) is 43.3 Å². The van der Waals surface area contributed by atoms with Crippen LogP contribution in [0.2, 0.25) is 0 Å². The Hall–Kier alpha value is -3.42. The molecular weight excluding hydrogens is 364 g/mol. The molecule has 1 aliphatic heterocycles. The Kier molecular flexibility index (Phi) is 5.88. The van der Waals surface area contributed by atoms with Crippen LogP contribution in [0.1, 0.15) is 39.8 Å². The van der Waals surface area contributed by atoms with Crippen LogP contribution in [0.3, 0.4) is 0 Å². The Morgan fingerprint density at radius 2 is 1.75 bits per heavy atom. The molecule has 0 aliphatic carbocycles. The Morgan fingerprint density at radius 1 is 1.07 bits per heavy atom. The molecule has 2 aromatic rings. The molecular formula is C20H20N2O6. The average Bonchev–Trinajstić information content (AvgIpc) is 3.28. The van der Waals surface area contributed by atoms with Crippen molar-refractivity contribution in [2.45, 2.75) is 19.9 Å². The molecule has 3 amide bonds. The molecule has 0 saturated carbocycles. The van der Waals surface area contributed by atoms with Crippen molar-refractivity contribution in [1.82, 2.24) is 9.80 Å². The minimum absolute atomic E-state index is 0.00239. The molecule has 0 saturated heterocycles. The van der Waals surface area contributed by atoms with E-state index in [1.165, 1.54) is 11.2 Å². The number of rotatable bonds is 8. The number of carbonyl (C=O) groups is 4. The lowest BCUT2D eigenvalue weighted by molar-refractivity contribution is -0.144. The van der Waals surface area contributed by atoms with Gasteiger partial charge in [0.15, 0.2) is 0 Å². The highest BCUT2D eigenvalue weighted by Crippen LogP contribution is 2.22. The number of nitrogens with zero attached hydrogens (tertiary/aromatic N) is 2. The fraction of sp³-hybridized carbons (Fsp3) is 0.300. The number of carbonyl (C=O) groups excluding carboxylic acids is 4. The molecule has 8 nitrogen and oxygen atoms in total. The van der Waals surface area contributed by atoms with Crippen molar-refractivity contribution in [3.63, 3.8) is 0 Å². The minimum atomic E-state index is -0.503. The van der Waals surface area contributed by atoms with E-state index < -0.39 is 30.2 Å². The van der Waals surface area contributed by atoms with Gasteiger partial charge in [0.1, 0.15) is 12.3 Å². The highest BCUT2D eigenvalue weighted by molar-refractivity contribution is 6.22. The van der Waals surface area contributed by atoms with Crippen molar-refractivity contribution in [2.75, 3.05) is 19.7 Å². The standard InChI is InChI=1S/C20H20N2O6/c1-2-27-18(24)9-10-21(12-14-6-5-11-28-14)17(23)13-22-19(25)15-7-3-4-8-16(15)20(22)26/h3-8,11H,2,9-10,12-13H2,1H3. The predicted molar refractivity (Wildman–Crippen MR) is 97.2 cm³/mol. The summed E-state index contributed by atoms with van der Waals surface area (Å²) in [5, 5.41) is 0. The van der Waals surface area contributed by atoms with Crippen LogP contribution < -0.4 is 0 Å². The van der Waals surface area contributed by atoms with E-state index in [1.807, 2.05) is 0 Å². The second-order valence-corrected chi connectivity index (χ2v) is 6.19. The second-order valence-electron chi connectivity index (χ2n) is 6.19. The first-order valence-electron chi connectivity index (χ1n) is 8.92. The van der Waals surface area contributed by atoms with E-state index in [-0.39, 0.29) is 37.2 Å². The van der Waals surface area contributed by atoms with Crippen LogP contribution in [0.25, 0.3) is 0 Å². The van der Waals surface area contributed by atoms with Gasteiger partial charge in [0.25, 0.3) is 11.8 Å². The van der Waals surface area contributed by atoms with E-state index in [2.05, 4.69) is 0 Å². The zero-order valence-corrected chi connectivity index (χ0v) is 15.4. The number of imide groups is 1. The molecule has 2 heterocycles. The normalized spacial score (nSPS) is 12.8. The van der Waals surface area contributed by atoms with Gasteiger partial charge in [-0.1, -0.05) is 12.1 Å². The highest BCUT2D eigenvalue weighted by atomic mass is 16.5. The summed E-state index contributed by atoms with van der Waals surface area (Å²) >= 11 is 0. The predicted octanol–water partition coefficient (Wildman–Crippen LogP) is 1.86. The number of benzene rings is 1. The van der Waals surface area contributed by atoms with Crippen LogP contribution in [0.4, 0.5) is 0 Å². The minimum Gasteiger partial charge on any atom is -0.467 e. The molecule has 0 N–H and O–H groups in total. The molecule has 0 spiro atoms. The lowest BCUT2D eigenvalue weighted by Crippen LogP contribution is -2.43. The largest absolute Gasteiger partial charge is 0.467 e. The molecule has 0 bridgehead atoms. The summed E-state index contributed by atoms with van der Waals surface area (Å²) in [4.78, 5) is 51.7. The van der Waals surface area contributed by atoms with Gasteiger partial charge < -0.3 is 14.1 Å². The van der Waals surface area contributed by atoms with Gasteiger partial charge in [0.2, 0.25) is 5.91 Å². The number of fused-ring (bicyclic) bond motifs is 1. The molecule has 1 aliphatic rings. The van der Waals surface area contributed by atoms with Gasteiger partial charge in [-0.15, -0.1) is 0 Å². The second kappa shape index (κ2) is 8.51. The van der Waals surface area contributed by atoms with Gasteiger partial charge in [-0.05, 0) is 31.2 Å². The third kappa shape index (κ3) is 4.11. The molecule has 0 radical (unpaired) electrons. The summed E-state index contributed by atoms with van der Waals surface area (Å²) in [5.41, 5.74) is 0.564. The zero-order valence-electron chi connectivity index (χ0n) is 15.4. The molecule has 1 aromatic carbocycles. The van der Waals surface area contributed by atoms with E-state index in [4.69, 9.17) is 9.15 Å².